The highest BCUT2D eigenvalue weighted by molar-refractivity contribution is 5.98. The van der Waals surface area contributed by atoms with Crippen molar-refractivity contribution in [2.75, 3.05) is 20.7 Å². The van der Waals surface area contributed by atoms with Crippen LogP contribution in [0, 0.1) is 0 Å². The van der Waals surface area contributed by atoms with Gasteiger partial charge >= 0.3 is 0 Å². The number of carbonyl (C=O) groups is 1. The Morgan fingerprint density at radius 2 is 2.06 bits per heavy atom. The van der Waals surface area contributed by atoms with Gasteiger partial charge in [0.25, 0.3) is 0 Å². The fraction of sp³-hybridized carbons (Fsp3) is 0.533. The van der Waals surface area contributed by atoms with Gasteiger partial charge in [0.15, 0.2) is 5.78 Å². The second-order valence-corrected chi connectivity index (χ2v) is 4.72. The number of methoxy groups -OCH3 is 1. The summed E-state index contributed by atoms with van der Waals surface area (Å²) in [6.07, 6.45) is 0.865. The molecule has 0 aliphatic carbocycles. The SMILES string of the molecule is CCc1cc(C(=O)CNC)cc(C(C)C)c1OC. The third-order valence-corrected chi connectivity index (χ3v) is 3.06. The van der Waals surface area contributed by atoms with Crippen molar-refractivity contribution in [2.24, 2.45) is 0 Å². The summed E-state index contributed by atoms with van der Waals surface area (Å²) < 4.78 is 5.50. The number of hydrogen-bond donors (Lipinski definition) is 1. The molecule has 1 rings (SSSR count). The van der Waals surface area contributed by atoms with Crippen molar-refractivity contribution in [3.63, 3.8) is 0 Å². The third kappa shape index (κ3) is 3.10. The molecule has 100 valence electrons. The number of ketones is 1. The fourth-order valence-electron chi connectivity index (χ4n) is 2.08. The molecular formula is C15H23NO2. The predicted octanol–water partition coefficient (Wildman–Crippen LogP) is 2.78. The lowest BCUT2D eigenvalue weighted by Crippen LogP contribution is -2.19. The lowest BCUT2D eigenvalue weighted by molar-refractivity contribution is 0.0993. The van der Waals surface area contributed by atoms with Gasteiger partial charge in [0.05, 0.1) is 13.7 Å². The van der Waals surface area contributed by atoms with Gasteiger partial charge in [-0.1, -0.05) is 20.8 Å². The fourth-order valence-corrected chi connectivity index (χ4v) is 2.08. The summed E-state index contributed by atoms with van der Waals surface area (Å²) in [7, 11) is 3.47. The minimum Gasteiger partial charge on any atom is -0.496 e. The van der Waals surface area contributed by atoms with Gasteiger partial charge in [0.2, 0.25) is 0 Å². The molecule has 18 heavy (non-hydrogen) atoms. The molecule has 1 N–H and O–H groups in total. The van der Waals surface area contributed by atoms with E-state index in [-0.39, 0.29) is 5.78 Å². The number of likely N-dealkylation sites (N-methyl/N-ethyl adjacent to an activating group) is 1. The normalized spacial score (nSPS) is 10.8. The van der Waals surface area contributed by atoms with Crippen LogP contribution in [0.15, 0.2) is 12.1 Å². The molecule has 0 aromatic heterocycles. The Hall–Kier alpha value is -1.35. The number of ether oxygens (including phenoxy) is 1. The van der Waals surface area contributed by atoms with Gasteiger partial charge in [-0.25, -0.2) is 0 Å². The highest BCUT2D eigenvalue weighted by atomic mass is 16.5. The Bertz CT molecular complexity index is 425. The molecule has 0 saturated carbocycles. The van der Waals surface area contributed by atoms with Crippen molar-refractivity contribution in [3.05, 3.63) is 28.8 Å². The van der Waals surface area contributed by atoms with Gasteiger partial charge in [-0.3, -0.25) is 4.79 Å². The number of carbonyl (C=O) groups excluding carboxylic acids is 1. The van der Waals surface area contributed by atoms with E-state index in [4.69, 9.17) is 4.74 Å². The molecule has 0 bridgehead atoms. The standard InChI is InChI=1S/C15H23NO2/c1-6-11-7-12(14(17)9-16-4)8-13(10(2)3)15(11)18-5/h7-8,10,16H,6,9H2,1-5H3. The van der Waals surface area contributed by atoms with E-state index in [0.29, 0.717) is 12.5 Å². The molecule has 0 atom stereocenters. The van der Waals surface area contributed by atoms with Gasteiger partial charge in [-0.2, -0.15) is 0 Å². The molecule has 0 unspecified atom stereocenters. The Morgan fingerprint density at radius 3 is 2.50 bits per heavy atom. The Balaban J connectivity index is 3.31. The first-order valence-corrected chi connectivity index (χ1v) is 6.43. The van der Waals surface area contributed by atoms with E-state index in [1.807, 2.05) is 12.1 Å². The van der Waals surface area contributed by atoms with Crippen molar-refractivity contribution in [2.45, 2.75) is 33.1 Å². The van der Waals surface area contributed by atoms with Gasteiger partial charge in [-0.15, -0.1) is 0 Å². The van der Waals surface area contributed by atoms with Crippen LogP contribution in [0.3, 0.4) is 0 Å². The summed E-state index contributed by atoms with van der Waals surface area (Å²) in [6.45, 7) is 6.68. The van der Waals surface area contributed by atoms with E-state index in [1.54, 1.807) is 14.2 Å². The average Bonchev–Trinajstić information content (AvgIpc) is 2.37. The van der Waals surface area contributed by atoms with Crippen LogP contribution >= 0.6 is 0 Å². The largest absolute Gasteiger partial charge is 0.496 e. The van der Waals surface area contributed by atoms with Gasteiger partial charge in [0, 0.05) is 5.56 Å². The minimum atomic E-state index is 0.122. The maximum Gasteiger partial charge on any atom is 0.176 e. The minimum absolute atomic E-state index is 0.122. The zero-order valence-electron chi connectivity index (χ0n) is 12.0. The number of benzene rings is 1. The smallest absolute Gasteiger partial charge is 0.176 e. The highest BCUT2D eigenvalue weighted by Gasteiger charge is 2.16. The molecule has 0 fully saturated rings. The zero-order chi connectivity index (χ0) is 13.7. The molecule has 1 aromatic rings. The topological polar surface area (TPSA) is 38.3 Å². The van der Waals surface area contributed by atoms with E-state index in [2.05, 4.69) is 26.1 Å². The van der Waals surface area contributed by atoms with E-state index in [9.17, 15) is 4.79 Å². The van der Waals surface area contributed by atoms with E-state index in [0.717, 1.165) is 28.9 Å². The van der Waals surface area contributed by atoms with Crippen LogP contribution in [0.5, 0.6) is 5.75 Å². The molecule has 0 heterocycles. The van der Waals surface area contributed by atoms with Crippen LogP contribution < -0.4 is 10.1 Å². The monoisotopic (exact) mass is 249 g/mol. The Kier molecular flexibility index (Phi) is 5.35. The predicted molar refractivity (Wildman–Crippen MR) is 74.7 cm³/mol. The second-order valence-electron chi connectivity index (χ2n) is 4.72. The number of aryl methyl sites for hydroxylation is 1. The third-order valence-electron chi connectivity index (χ3n) is 3.06. The van der Waals surface area contributed by atoms with Gasteiger partial charge in [0.1, 0.15) is 5.75 Å². The molecule has 0 amide bonds. The van der Waals surface area contributed by atoms with Gasteiger partial charge < -0.3 is 10.1 Å². The maximum absolute atomic E-state index is 12.0. The van der Waals surface area contributed by atoms with E-state index < -0.39 is 0 Å². The molecule has 1 aromatic carbocycles. The van der Waals surface area contributed by atoms with E-state index in [1.165, 1.54) is 0 Å². The lowest BCUT2D eigenvalue weighted by Gasteiger charge is -2.17. The van der Waals surface area contributed by atoms with Crippen molar-refractivity contribution in [1.82, 2.24) is 5.32 Å². The van der Waals surface area contributed by atoms with Crippen LogP contribution in [0.25, 0.3) is 0 Å². The summed E-state index contributed by atoms with van der Waals surface area (Å²) in [4.78, 5) is 12.0. The molecule has 0 radical (unpaired) electrons. The lowest BCUT2D eigenvalue weighted by atomic mass is 9.93. The average molecular weight is 249 g/mol. The van der Waals surface area contributed by atoms with Crippen molar-refractivity contribution in [3.8, 4) is 5.75 Å². The molecule has 0 aliphatic rings. The van der Waals surface area contributed by atoms with Crippen LogP contribution in [0.4, 0.5) is 0 Å². The Morgan fingerprint density at radius 1 is 1.39 bits per heavy atom. The van der Waals surface area contributed by atoms with Crippen molar-refractivity contribution >= 4 is 5.78 Å². The van der Waals surface area contributed by atoms with Crippen molar-refractivity contribution < 1.29 is 9.53 Å². The quantitative estimate of drug-likeness (QED) is 0.788. The summed E-state index contributed by atoms with van der Waals surface area (Å²) >= 11 is 0. The summed E-state index contributed by atoms with van der Waals surface area (Å²) in [6, 6.07) is 3.91. The zero-order valence-corrected chi connectivity index (χ0v) is 12.0. The summed E-state index contributed by atoms with van der Waals surface area (Å²) in [5.74, 6) is 1.39. The molecule has 0 spiro atoms. The van der Waals surface area contributed by atoms with Crippen LogP contribution in [-0.2, 0) is 6.42 Å². The van der Waals surface area contributed by atoms with Crippen LogP contribution in [0.1, 0.15) is 48.2 Å². The van der Waals surface area contributed by atoms with Crippen molar-refractivity contribution in [1.29, 1.82) is 0 Å². The molecule has 3 heteroatoms. The van der Waals surface area contributed by atoms with Crippen LogP contribution in [-0.4, -0.2) is 26.5 Å². The van der Waals surface area contributed by atoms with Crippen LogP contribution in [0.2, 0.25) is 0 Å². The molecule has 3 nitrogen and oxygen atoms in total. The molecule has 0 saturated heterocycles. The van der Waals surface area contributed by atoms with E-state index >= 15 is 0 Å². The summed E-state index contributed by atoms with van der Waals surface area (Å²) in [5, 5.41) is 2.90. The Labute approximate surface area is 110 Å². The number of Topliss-reactive ketones (excluding diaryl/α,β-unsaturated/α-hetero) is 1. The number of hydrogen-bond acceptors (Lipinski definition) is 3. The molecule has 0 aliphatic heterocycles. The first-order valence-electron chi connectivity index (χ1n) is 6.43. The summed E-state index contributed by atoms with van der Waals surface area (Å²) in [5.41, 5.74) is 2.98. The second kappa shape index (κ2) is 6.55. The first-order chi connectivity index (χ1) is 8.54. The maximum atomic E-state index is 12.0. The number of rotatable bonds is 6. The highest BCUT2D eigenvalue weighted by Crippen LogP contribution is 2.32. The van der Waals surface area contributed by atoms with Gasteiger partial charge in [-0.05, 0) is 42.6 Å². The first kappa shape index (κ1) is 14.7. The molecular weight excluding hydrogens is 226 g/mol. The number of nitrogens with one attached hydrogen (secondary N) is 1.